The third-order valence-corrected chi connectivity index (χ3v) is 4.91. The van der Waals surface area contributed by atoms with Crippen LogP contribution in [0.1, 0.15) is 49.9 Å². The number of nitrogens with one attached hydrogen (secondary N) is 1. The number of aliphatic hydroxyl groups excluding tert-OH is 5. The first-order chi connectivity index (χ1) is 12.9. The van der Waals surface area contributed by atoms with Crippen molar-refractivity contribution >= 4 is 0 Å². The molecule has 9 nitrogen and oxygen atoms in total. The standard InChI is InChI=1S/C18H32N2O7/c1-3-4-5-14(22)16(24)12(13-6-10(2)19-20-13)9-26-18-17(25)15(23)7-11(8-21)27-18/h6,11-12,14-18,21-25H,3-5,7-9H2,1-2H3,(H,19,20)/t11-,12+,14+,15-,16-,17+,18-/m0/s1. The van der Waals surface area contributed by atoms with E-state index >= 15 is 0 Å². The Hall–Kier alpha value is -1.07. The second-order valence-corrected chi connectivity index (χ2v) is 7.22. The number of ether oxygens (including phenoxy) is 2. The first kappa shape index (κ1) is 22.2. The van der Waals surface area contributed by atoms with E-state index in [9.17, 15) is 25.5 Å². The van der Waals surface area contributed by atoms with Crippen LogP contribution in [0.5, 0.6) is 0 Å². The van der Waals surface area contributed by atoms with E-state index in [2.05, 4.69) is 10.2 Å². The molecule has 0 spiro atoms. The molecule has 0 radical (unpaired) electrons. The van der Waals surface area contributed by atoms with E-state index < -0.39 is 42.7 Å². The Bertz CT molecular complexity index is 556. The highest BCUT2D eigenvalue weighted by Crippen LogP contribution is 2.27. The van der Waals surface area contributed by atoms with Gasteiger partial charge < -0.3 is 35.0 Å². The topological polar surface area (TPSA) is 148 Å². The number of nitrogens with zero attached hydrogens (tertiary/aromatic N) is 1. The van der Waals surface area contributed by atoms with Crippen LogP contribution in [0.15, 0.2) is 6.07 Å². The van der Waals surface area contributed by atoms with E-state index in [4.69, 9.17) is 9.47 Å². The van der Waals surface area contributed by atoms with Crippen molar-refractivity contribution in [2.75, 3.05) is 13.2 Å². The molecule has 2 heterocycles. The van der Waals surface area contributed by atoms with Gasteiger partial charge in [0.2, 0.25) is 0 Å². The van der Waals surface area contributed by atoms with Crippen molar-refractivity contribution in [2.45, 2.75) is 82.3 Å². The van der Waals surface area contributed by atoms with Gasteiger partial charge in [0.25, 0.3) is 0 Å². The molecule has 1 aromatic heterocycles. The molecule has 9 heteroatoms. The van der Waals surface area contributed by atoms with Gasteiger partial charge in [-0.1, -0.05) is 19.8 Å². The molecule has 1 aromatic rings. The molecule has 0 bridgehead atoms. The molecule has 7 atom stereocenters. The monoisotopic (exact) mass is 388 g/mol. The number of unbranched alkanes of at least 4 members (excludes halogenated alkanes) is 1. The number of aromatic nitrogens is 2. The minimum Gasteiger partial charge on any atom is -0.394 e. The molecule has 156 valence electrons. The van der Waals surface area contributed by atoms with Gasteiger partial charge in [0.05, 0.1) is 49.2 Å². The normalized spacial score (nSPS) is 29.4. The molecule has 0 aromatic carbocycles. The van der Waals surface area contributed by atoms with E-state index in [0.29, 0.717) is 12.1 Å². The van der Waals surface area contributed by atoms with Gasteiger partial charge in [-0.2, -0.15) is 5.10 Å². The fourth-order valence-corrected chi connectivity index (χ4v) is 3.21. The summed E-state index contributed by atoms with van der Waals surface area (Å²) in [4.78, 5) is 0. The minimum absolute atomic E-state index is 0.0821. The molecule has 0 saturated carbocycles. The zero-order chi connectivity index (χ0) is 20.0. The van der Waals surface area contributed by atoms with Crippen LogP contribution in [-0.2, 0) is 9.47 Å². The first-order valence-electron chi connectivity index (χ1n) is 9.49. The molecular formula is C18H32N2O7. The Balaban J connectivity index is 2.07. The maximum atomic E-state index is 10.6. The molecule has 1 saturated heterocycles. The number of aryl methyl sites for hydroxylation is 1. The number of H-pyrrole nitrogens is 1. The van der Waals surface area contributed by atoms with Crippen LogP contribution in [0, 0.1) is 6.92 Å². The van der Waals surface area contributed by atoms with E-state index in [0.717, 1.165) is 18.5 Å². The molecule has 0 amide bonds. The largest absolute Gasteiger partial charge is 0.394 e. The van der Waals surface area contributed by atoms with Gasteiger partial charge in [0, 0.05) is 12.1 Å². The molecule has 0 unspecified atom stereocenters. The highest BCUT2D eigenvalue weighted by molar-refractivity contribution is 5.14. The fraction of sp³-hybridized carbons (Fsp3) is 0.833. The SMILES string of the molecule is CCCC[C@@H](O)[C@@H](O)[C@H](CO[C@H]1O[C@H](CO)C[C@H](O)[C@H]1O)c1cc(C)[nH]n1. The summed E-state index contributed by atoms with van der Waals surface area (Å²) in [7, 11) is 0. The number of hydrogen-bond donors (Lipinski definition) is 6. The average Bonchev–Trinajstić information content (AvgIpc) is 3.08. The highest BCUT2D eigenvalue weighted by Gasteiger charge is 2.38. The van der Waals surface area contributed by atoms with Crippen molar-refractivity contribution in [3.63, 3.8) is 0 Å². The Morgan fingerprint density at radius 3 is 2.70 bits per heavy atom. The highest BCUT2D eigenvalue weighted by atomic mass is 16.7. The molecule has 1 fully saturated rings. The van der Waals surface area contributed by atoms with Gasteiger partial charge in [0.1, 0.15) is 6.10 Å². The zero-order valence-electron chi connectivity index (χ0n) is 15.9. The summed E-state index contributed by atoms with van der Waals surface area (Å²) in [6, 6.07) is 1.76. The van der Waals surface area contributed by atoms with E-state index in [1.807, 2.05) is 13.8 Å². The van der Waals surface area contributed by atoms with Gasteiger partial charge in [-0.15, -0.1) is 0 Å². The van der Waals surface area contributed by atoms with Gasteiger partial charge in [-0.25, -0.2) is 0 Å². The van der Waals surface area contributed by atoms with Gasteiger partial charge in [0.15, 0.2) is 6.29 Å². The third kappa shape index (κ3) is 5.95. The molecule has 1 aliphatic heterocycles. The van der Waals surface area contributed by atoms with Gasteiger partial charge in [-0.3, -0.25) is 5.10 Å². The predicted octanol–water partition coefficient (Wildman–Crippen LogP) is -0.441. The van der Waals surface area contributed by atoms with Crippen molar-refractivity contribution in [2.24, 2.45) is 0 Å². The van der Waals surface area contributed by atoms with E-state index in [-0.39, 0.29) is 19.6 Å². The van der Waals surface area contributed by atoms with Crippen LogP contribution in [0.25, 0.3) is 0 Å². The maximum absolute atomic E-state index is 10.6. The second kappa shape index (κ2) is 10.5. The van der Waals surface area contributed by atoms with Crippen molar-refractivity contribution < 1.29 is 35.0 Å². The lowest BCUT2D eigenvalue weighted by Gasteiger charge is -2.37. The fourth-order valence-electron chi connectivity index (χ4n) is 3.21. The summed E-state index contributed by atoms with van der Waals surface area (Å²) in [5, 5.41) is 57.1. The van der Waals surface area contributed by atoms with Crippen molar-refractivity contribution in [3.8, 4) is 0 Å². The summed E-state index contributed by atoms with van der Waals surface area (Å²) < 4.78 is 11.1. The summed E-state index contributed by atoms with van der Waals surface area (Å²) in [5.41, 5.74) is 1.33. The number of hydrogen-bond acceptors (Lipinski definition) is 8. The average molecular weight is 388 g/mol. The lowest BCUT2D eigenvalue weighted by molar-refractivity contribution is -0.274. The van der Waals surface area contributed by atoms with Gasteiger partial charge >= 0.3 is 0 Å². The molecule has 6 N–H and O–H groups in total. The maximum Gasteiger partial charge on any atom is 0.186 e. The molecule has 27 heavy (non-hydrogen) atoms. The smallest absolute Gasteiger partial charge is 0.186 e. The molecule has 2 rings (SSSR count). The predicted molar refractivity (Wildman–Crippen MR) is 95.9 cm³/mol. The molecule has 1 aliphatic rings. The van der Waals surface area contributed by atoms with Crippen LogP contribution >= 0.6 is 0 Å². The van der Waals surface area contributed by atoms with Crippen LogP contribution in [0.2, 0.25) is 0 Å². The summed E-state index contributed by atoms with van der Waals surface area (Å²) in [6.45, 7) is 3.44. The third-order valence-electron chi connectivity index (χ3n) is 4.91. The van der Waals surface area contributed by atoms with Crippen LogP contribution in [0.4, 0.5) is 0 Å². The Morgan fingerprint density at radius 1 is 1.37 bits per heavy atom. The second-order valence-electron chi connectivity index (χ2n) is 7.22. The number of aliphatic hydroxyl groups is 5. The summed E-state index contributed by atoms with van der Waals surface area (Å²) in [6.07, 6.45) is -3.95. The van der Waals surface area contributed by atoms with Crippen LogP contribution in [-0.4, -0.2) is 85.8 Å². The molecular weight excluding hydrogens is 356 g/mol. The van der Waals surface area contributed by atoms with Crippen LogP contribution < -0.4 is 0 Å². The van der Waals surface area contributed by atoms with Crippen molar-refractivity contribution in [1.29, 1.82) is 0 Å². The Morgan fingerprint density at radius 2 is 2.11 bits per heavy atom. The van der Waals surface area contributed by atoms with Crippen molar-refractivity contribution in [3.05, 3.63) is 17.5 Å². The lowest BCUT2D eigenvalue weighted by atomic mass is 9.92. The van der Waals surface area contributed by atoms with E-state index in [1.54, 1.807) is 6.07 Å². The number of rotatable bonds is 10. The zero-order valence-corrected chi connectivity index (χ0v) is 15.9. The van der Waals surface area contributed by atoms with Crippen molar-refractivity contribution in [1.82, 2.24) is 10.2 Å². The van der Waals surface area contributed by atoms with Crippen LogP contribution in [0.3, 0.4) is 0 Å². The van der Waals surface area contributed by atoms with Gasteiger partial charge in [-0.05, 0) is 19.4 Å². The number of aromatic amines is 1. The quantitative estimate of drug-likeness (QED) is 0.316. The Labute approximate surface area is 158 Å². The lowest BCUT2D eigenvalue weighted by Crippen LogP contribution is -2.51. The summed E-state index contributed by atoms with van der Waals surface area (Å²) in [5.74, 6) is -0.649. The molecule has 0 aliphatic carbocycles. The first-order valence-corrected chi connectivity index (χ1v) is 9.49. The summed E-state index contributed by atoms with van der Waals surface area (Å²) >= 11 is 0. The Kier molecular flexibility index (Phi) is 8.62. The minimum atomic E-state index is -1.27. The van der Waals surface area contributed by atoms with E-state index in [1.165, 1.54) is 0 Å².